The molecule has 0 aliphatic carbocycles. The molecule has 3 rings (SSSR count). The summed E-state index contributed by atoms with van der Waals surface area (Å²) in [6, 6.07) is 11.4. The molecular weight excluding hydrogens is 374 g/mol. The van der Waals surface area contributed by atoms with Gasteiger partial charge in [-0.25, -0.2) is 4.98 Å². The Hall–Kier alpha value is -2.16. The first-order chi connectivity index (χ1) is 12.1. The lowest BCUT2D eigenvalue weighted by molar-refractivity contribution is -0.114. The Morgan fingerprint density at radius 2 is 1.92 bits per heavy atom. The van der Waals surface area contributed by atoms with Crippen molar-refractivity contribution in [2.45, 2.75) is 11.8 Å². The monoisotopic (exact) mass is 389 g/mol. The van der Waals surface area contributed by atoms with Gasteiger partial charge in [-0.05, 0) is 35.7 Å². The van der Waals surface area contributed by atoms with Gasteiger partial charge in [-0.3, -0.25) is 9.59 Å². The summed E-state index contributed by atoms with van der Waals surface area (Å²) >= 11 is 4.48. The summed E-state index contributed by atoms with van der Waals surface area (Å²) in [7, 11) is 0. The normalized spacial score (nSPS) is 10.4. The number of hydrogen-bond donors (Lipinski definition) is 2. The highest BCUT2D eigenvalue weighted by Gasteiger charge is 2.09. The highest BCUT2D eigenvalue weighted by Crippen LogP contribution is 2.28. The van der Waals surface area contributed by atoms with Crippen LogP contribution in [0.4, 0.5) is 10.8 Å². The van der Waals surface area contributed by atoms with Crippen molar-refractivity contribution in [3.05, 3.63) is 47.2 Å². The molecule has 8 heteroatoms. The van der Waals surface area contributed by atoms with Crippen LogP contribution in [0, 0.1) is 0 Å². The second-order valence-electron chi connectivity index (χ2n) is 5.06. The molecule has 3 aromatic rings. The van der Waals surface area contributed by atoms with Crippen molar-refractivity contribution in [3.8, 4) is 10.6 Å². The maximum Gasteiger partial charge on any atom is 0.236 e. The quantitative estimate of drug-likeness (QED) is 0.606. The number of thiophene rings is 1. The van der Waals surface area contributed by atoms with Crippen molar-refractivity contribution in [2.75, 3.05) is 16.4 Å². The van der Waals surface area contributed by atoms with Crippen LogP contribution in [0.2, 0.25) is 0 Å². The Morgan fingerprint density at radius 3 is 2.60 bits per heavy atom. The Morgan fingerprint density at radius 1 is 1.12 bits per heavy atom. The molecule has 0 unspecified atom stereocenters. The smallest absolute Gasteiger partial charge is 0.236 e. The highest BCUT2D eigenvalue weighted by atomic mass is 32.2. The van der Waals surface area contributed by atoms with Crippen LogP contribution in [0.3, 0.4) is 0 Å². The van der Waals surface area contributed by atoms with E-state index in [1.54, 1.807) is 11.3 Å². The van der Waals surface area contributed by atoms with Crippen LogP contribution in [0.5, 0.6) is 0 Å². The number of benzene rings is 1. The van der Waals surface area contributed by atoms with E-state index in [1.807, 2.05) is 47.2 Å². The minimum absolute atomic E-state index is 0.0944. The maximum atomic E-state index is 12.1. The Kier molecular flexibility index (Phi) is 5.85. The van der Waals surface area contributed by atoms with Gasteiger partial charge in [-0.1, -0.05) is 6.07 Å². The van der Waals surface area contributed by atoms with Crippen LogP contribution in [0.15, 0.2) is 52.1 Å². The zero-order chi connectivity index (χ0) is 17.6. The van der Waals surface area contributed by atoms with Gasteiger partial charge >= 0.3 is 0 Å². The summed E-state index contributed by atoms with van der Waals surface area (Å²) < 4.78 is 0. The van der Waals surface area contributed by atoms with E-state index >= 15 is 0 Å². The lowest BCUT2D eigenvalue weighted by Crippen LogP contribution is -2.13. The standard InChI is InChI=1S/C17H15N3O2S3/c1-11(21)18-12-4-6-13(7-5-12)24-10-16(22)20-17-19-14(9-25-17)15-3-2-8-23-15/h2-9H,10H2,1H3,(H,18,21)(H,19,20,22). The molecule has 0 saturated heterocycles. The van der Waals surface area contributed by atoms with Crippen LogP contribution >= 0.6 is 34.4 Å². The molecule has 1 aromatic carbocycles. The second-order valence-corrected chi connectivity index (χ2v) is 7.91. The van der Waals surface area contributed by atoms with Crippen molar-refractivity contribution in [3.63, 3.8) is 0 Å². The molecule has 0 radical (unpaired) electrons. The van der Waals surface area contributed by atoms with E-state index in [4.69, 9.17) is 0 Å². The molecule has 25 heavy (non-hydrogen) atoms. The fourth-order valence-electron chi connectivity index (χ4n) is 2.01. The van der Waals surface area contributed by atoms with Crippen molar-refractivity contribution in [1.29, 1.82) is 0 Å². The molecule has 0 atom stereocenters. The lowest BCUT2D eigenvalue weighted by atomic mass is 10.3. The van der Waals surface area contributed by atoms with E-state index in [1.165, 1.54) is 30.0 Å². The summed E-state index contributed by atoms with van der Waals surface area (Å²) in [5.41, 5.74) is 1.63. The third kappa shape index (κ3) is 5.15. The number of amides is 2. The number of nitrogens with one attached hydrogen (secondary N) is 2. The first-order valence-electron chi connectivity index (χ1n) is 7.40. The van der Waals surface area contributed by atoms with Crippen molar-refractivity contribution in [1.82, 2.24) is 4.98 Å². The lowest BCUT2D eigenvalue weighted by Gasteiger charge is -2.04. The van der Waals surface area contributed by atoms with E-state index in [-0.39, 0.29) is 11.8 Å². The average Bonchev–Trinajstić information content (AvgIpc) is 3.25. The first kappa shape index (κ1) is 17.7. The molecule has 0 bridgehead atoms. The number of carbonyl (C=O) groups is 2. The number of thiazole rings is 1. The van der Waals surface area contributed by atoms with Crippen molar-refractivity contribution >= 4 is 57.1 Å². The first-order valence-corrected chi connectivity index (χ1v) is 10.1. The molecule has 2 heterocycles. The fraction of sp³-hybridized carbons (Fsp3) is 0.118. The number of anilines is 2. The third-order valence-corrected chi connectivity index (χ3v) is 5.73. The minimum Gasteiger partial charge on any atom is -0.326 e. The van der Waals surface area contributed by atoms with Gasteiger partial charge in [0.25, 0.3) is 0 Å². The van der Waals surface area contributed by atoms with E-state index in [2.05, 4.69) is 15.6 Å². The number of hydrogen-bond acceptors (Lipinski definition) is 6. The van der Waals surface area contributed by atoms with Gasteiger partial charge in [-0.15, -0.1) is 34.4 Å². The number of nitrogens with zero attached hydrogens (tertiary/aromatic N) is 1. The van der Waals surface area contributed by atoms with Gasteiger partial charge in [0.2, 0.25) is 11.8 Å². The van der Waals surface area contributed by atoms with Crippen LogP contribution in [-0.2, 0) is 9.59 Å². The van der Waals surface area contributed by atoms with Gasteiger partial charge in [0.05, 0.1) is 16.3 Å². The second kappa shape index (κ2) is 8.28. The minimum atomic E-state index is -0.106. The summed E-state index contributed by atoms with van der Waals surface area (Å²) in [5.74, 6) is 0.0982. The largest absolute Gasteiger partial charge is 0.326 e. The van der Waals surface area contributed by atoms with Gasteiger partial charge in [0, 0.05) is 22.9 Å². The third-order valence-electron chi connectivity index (χ3n) is 3.07. The molecule has 0 aliphatic rings. The fourth-order valence-corrected chi connectivity index (χ4v) is 4.20. The van der Waals surface area contributed by atoms with Crippen LogP contribution in [0.1, 0.15) is 6.92 Å². The van der Waals surface area contributed by atoms with Gasteiger partial charge in [0.1, 0.15) is 0 Å². The Labute approximate surface area is 157 Å². The highest BCUT2D eigenvalue weighted by molar-refractivity contribution is 8.00. The number of thioether (sulfide) groups is 1. The van der Waals surface area contributed by atoms with Gasteiger partial charge in [-0.2, -0.15) is 0 Å². The summed E-state index contributed by atoms with van der Waals surface area (Å²) in [4.78, 5) is 29.5. The number of carbonyl (C=O) groups excluding carboxylic acids is 2. The predicted octanol–water partition coefficient (Wildman–Crippen LogP) is 4.56. The average molecular weight is 390 g/mol. The summed E-state index contributed by atoms with van der Waals surface area (Å²) in [6.07, 6.45) is 0. The summed E-state index contributed by atoms with van der Waals surface area (Å²) in [6.45, 7) is 1.47. The van der Waals surface area contributed by atoms with Gasteiger partial charge in [0.15, 0.2) is 5.13 Å². The maximum absolute atomic E-state index is 12.1. The molecule has 0 fully saturated rings. The van der Waals surface area contributed by atoms with Crippen LogP contribution in [0.25, 0.3) is 10.6 Å². The molecule has 0 spiro atoms. The van der Waals surface area contributed by atoms with E-state index in [0.29, 0.717) is 10.9 Å². The van der Waals surface area contributed by atoms with E-state index in [0.717, 1.165) is 21.2 Å². The van der Waals surface area contributed by atoms with E-state index in [9.17, 15) is 9.59 Å². The molecule has 2 N–H and O–H groups in total. The molecule has 5 nitrogen and oxygen atoms in total. The molecule has 2 amide bonds. The molecule has 128 valence electrons. The van der Waals surface area contributed by atoms with Crippen LogP contribution in [-0.4, -0.2) is 22.6 Å². The Balaban J connectivity index is 1.50. The van der Waals surface area contributed by atoms with E-state index < -0.39 is 0 Å². The zero-order valence-electron chi connectivity index (χ0n) is 13.3. The number of rotatable bonds is 6. The Bertz CT molecular complexity index is 858. The van der Waals surface area contributed by atoms with Crippen molar-refractivity contribution in [2.24, 2.45) is 0 Å². The SMILES string of the molecule is CC(=O)Nc1ccc(SCC(=O)Nc2nc(-c3cccs3)cs2)cc1. The molecular formula is C17H15N3O2S3. The predicted molar refractivity (Wildman–Crippen MR) is 106 cm³/mol. The molecule has 0 aliphatic heterocycles. The summed E-state index contributed by atoms with van der Waals surface area (Å²) in [5, 5.41) is 10.1. The van der Waals surface area contributed by atoms with Crippen LogP contribution < -0.4 is 10.6 Å². The topological polar surface area (TPSA) is 71.1 Å². The number of aromatic nitrogens is 1. The van der Waals surface area contributed by atoms with Gasteiger partial charge < -0.3 is 10.6 Å². The molecule has 2 aromatic heterocycles. The van der Waals surface area contributed by atoms with Crippen molar-refractivity contribution < 1.29 is 9.59 Å². The molecule has 0 saturated carbocycles. The zero-order valence-corrected chi connectivity index (χ0v) is 15.8.